The van der Waals surface area contributed by atoms with Crippen LogP contribution in [-0.4, -0.2) is 48.5 Å². The van der Waals surface area contributed by atoms with Gasteiger partial charge in [-0.15, -0.1) is 0 Å². The van der Waals surface area contributed by atoms with E-state index < -0.39 is 29.7 Å². The van der Waals surface area contributed by atoms with Gasteiger partial charge < -0.3 is 19.9 Å². The summed E-state index contributed by atoms with van der Waals surface area (Å²) in [5, 5.41) is 19.7. The quantitative estimate of drug-likeness (QED) is 0.508. The molecule has 3 aromatic rings. The average molecular weight is 495 g/mol. The normalized spacial score (nSPS) is 22.3. The van der Waals surface area contributed by atoms with Crippen molar-refractivity contribution in [3.63, 3.8) is 0 Å². The monoisotopic (exact) mass is 494 g/mol. The van der Waals surface area contributed by atoms with E-state index in [1.165, 1.54) is 17.4 Å². The van der Waals surface area contributed by atoms with Crippen LogP contribution < -0.4 is 15.5 Å². The minimum atomic E-state index is -0.832. The number of rotatable bonds is 7. The summed E-state index contributed by atoms with van der Waals surface area (Å²) >= 11 is 0. The molecular weight excluding hydrogens is 470 g/mol. The Morgan fingerprint density at radius 1 is 1.28 bits per heavy atom. The summed E-state index contributed by atoms with van der Waals surface area (Å²) in [6, 6.07) is 9.36. The second kappa shape index (κ2) is 9.91. The fourth-order valence-electron chi connectivity index (χ4n) is 4.75. The van der Waals surface area contributed by atoms with Gasteiger partial charge in [-0.25, -0.2) is 13.6 Å². The maximum Gasteiger partial charge on any atom is 0.414 e. The van der Waals surface area contributed by atoms with Crippen LogP contribution in [0, 0.1) is 34.8 Å². The second-order valence-corrected chi connectivity index (χ2v) is 9.04. The molecule has 0 radical (unpaired) electrons. The van der Waals surface area contributed by atoms with Crippen LogP contribution in [0.1, 0.15) is 18.5 Å². The highest BCUT2D eigenvalue weighted by molar-refractivity contribution is 5.90. The van der Waals surface area contributed by atoms with Gasteiger partial charge in [0.25, 0.3) is 0 Å². The molecule has 2 aromatic heterocycles. The summed E-state index contributed by atoms with van der Waals surface area (Å²) in [7, 11) is 0. The Balaban J connectivity index is 1.32. The molecule has 1 aromatic carbocycles. The summed E-state index contributed by atoms with van der Waals surface area (Å²) < 4.78 is 40.2. The largest absolute Gasteiger partial charge is 0.442 e. The number of benzene rings is 1. The number of ether oxygens (including phenoxy) is 1. The van der Waals surface area contributed by atoms with Gasteiger partial charge in [0.05, 0.1) is 42.0 Å². The van der Waals surface area contributed by atoms with E-state index in [2.05, 4.69) is 33.8 Å². The van der Waals surface area contributed by atoms with Gasteiger partial charge in [0, 0.05) is 17.8 Å². The van der Waals surface area contributed by atoms with Crippen molar-refractivity contribution in [1.82, 2.24) is 15.5 Å². The van der Waals surface area contributed by atoms with E-state index in [1.54, 1.807) is 18.2 Å². The highest BCUT2D eigenvalue weighted by atomic mass is 19.1. The first-order valence-electron chi connectivity index (χ1n) is 11.6. The molecule has 4 heterocycles. The number of amides is 1. The van der Waals surface area contributed by atoms with Crippen LogP contribution in [0.2, 0.25) is 0 Å². The minimum absolute atomic E-state index is 0.0551. The fourth-order valence-corrected chi connectivity index (χ4v) is 4.75. The molecule has 1 amide bonds. The lowest BCUT2D eigenvalue weighted by Gasteiger charge is -2.20. The third kappa shape index (κ3) is 4.59. The van der Waals surface area contributed by atoms with Gasteiger partial charge in [-0.1, -0.05) is 18.1 Å². The summed E-state index contributed by atoms with van der Waals surface area (Å²) in [6.07, 6.45) is 1.55. The van der Waals surface area contributed by atoms with Gasteiger partial charge in [-0.05, 0) is 43.1 Å². The highest BCUT2D eigenvalue weighted by Gasteiger charge is 2.34. The third-order valence-corrected chi connectivity index (χ3v) is 6.70. The number of halogens is 2. The summed E-state index contributed by atoms with van der Waals surface area (Å²) in [5.74, 6) is -1.14. The van der Waals surface area contributed by atoms with Crippen LogP contribution in [0.5, 0.6) is 0 Å². The molecule has 2 saturated heterocycles. The molecular formula is C25H24F2N6O3. The van der Waals surface area contributed by atoms with E-state index in [0.29, 0.717) is 17.4 Å². The smallest absolute Gasteiger partial charge is 0.414 e. The predicted molar refractivity (Wildman–Crippen MR) is 126 cm³/mol. The van der Waals surface area contributed by atoms with Gasteiger partial charge in [-0.3, -0.25) is 9.88 Å². The Kier molecular flexibility index (Phi) is 6.52. The van der Waals surface area contributed by atoms with Crippen molar-refractivity contribution in [2.75, 3.05) is 36.4 Å². The number of carbonyl (C=O) groups is 1. The molecule has 0 spiro atoms. The van der Waals surface area contributed by atoms with E-state index in [0.717, 1.165) is 25.2 Å². The van der Waals surface area contributed by atoms with Crippen molar-refractivity contribution in [2.45, 2.75) is 18.9 Å². The van der Waals surface area contributed by atoms with E-state index in [4.69, 9.17) is 9.26 Å². The average Bonchev–Trinajstić information content (AvgIpc) is 3.61. The van der Waals surface area contributed by atoms with E-state index in [9.17, 15) is 10.1 Å². The molecule has 0 bridgehead atoms. The molecule has 5 rings (SSSR count). The highest BCUT2D eigenvalue weighted by Crippen LogP contribution is 2.34. The Morgan fingerprint density at radius 2 is 2.08 bits per heavy atom. The molecule has 9 nitrogen and oxygen atoms in total. The number of cyclic esters (lactones) is 1. The van der Waals surface area contributed by atoms with Crippen LogP contribution in [0.15, 0.2) is 47.3 Å². The molecule has 11 heteroatoms. The number of carbonyl (C=O) groups excluding carboxylic acids is 1. The zero-order valence-electron chi connectivity index (χ0n) is 19.4. The number of anilines is 2. The van der Waals surface area contributed by atoms with Crippen molar-refractivity contribution in [2.24, 2.45) is 11.8 Å². The zero-order valence-corrected chi connectivity index (χ0v) is 19.4. The SMILES string of the molecule is C[C@H]1CNC[C@H]1C(C#N)c1ccc(-c2c(F)cc(N3C[C@H](CNc4ccon4)OC3=O)cc2F)cn1. The van der Waals surface area contributed by atoms with Crippen LogP contribution in [0.25, 0.3) is 11.1 Å². The standard InChI is InChI=1S/C25H24F2N6O3/c1-14-9-29-12-19(14)18(8-28)22-3-2-15(10-30-22)24-20(26)6-16(7-21(24)27)33-13-17(36-25(33)34)11-31-23-4-5-35-32-23/h2-7,10,14,17-19,29H,9,11-13H2,1H3,(H,31,32)/t14-,17-,18?,19+/m0/s1. The van der Waals surface area contributed by atoms with Gasteiger partial charge in [0.1, 0.15) is 24.0 Å². The topological polar surface area (TPSA) is 116 Å². The number of aromatic nitrogens is 2. The molecule has 1 unspecified atom stereocenters. The van der Waals surface area contributed by atoms with Crippen molar-refractivity contribution in [3.05, 3.63) is 60.1 Å². The number of hydrogen-bond acceptors (Lipinski definition) is 8. The summed E-state index contributed by atoms with van der Waals surface area (Å²) in [4.78, 5) is 17.9. The Bertz CT molecular complexity index is 1250. The minimum Gasteiger partial charge on any atom is -0.442 e. The fraction of sp³-hybridized carbons (Fsp3) is 0.360. The number of nitrogens with zero attached hydrogens (tertiary/aromatic N) is 4. The lowest BCUT2D eigenvalue weighted by atomic mass is 9.83. The first kappa shape index (κ1) is 23.7. The summed E-state index contributed by atoms with van der Waals surface area (Å²) in [6.45, 7) is 4.02. The van der Waals surface area contributed by atoms with Crippen molar-refractivity contribution >= 4 is 17.6 Å². The number of hydrogen-bond donors (Lipinski definition) is 2. The Labute approximate surface area is 206 Å². The van der Waals surface area contributed by atoms with Crippen LogP contribution in [0.3, 0.4) is 0 Å². The van der Waals surface area contributed by atoms with Gasteiger partial charge >= 0.3 is 6.09 Å². The number of pyridine rings is 1. The molecule has 2 aliphatic heterocycles. The van der Waals surface area contributed by atoms with Crippen molar-refractivity contribution in [1.29, 1.82) is 5.26 Å². The third-order valence-electron chi connectivity index (χ3n) is 6.70. The Morgan fingerprint density at radius 3 is 2.69 bits per heavy atom. The molecule has 36 heavy (non-hydrogen) atoms. The molecule has 0 aliphatic carbocycles. The molecule has 2 aliphatic rings. The zero-order chi connectivity index (χ0) is 25.2. The van der Waals surface area contributed by atoms with E-state index in [-0.39, 0.29) is 35.8 Å². The lowest BCUT2D eigenvalue weighted by molar-refractivity contribution is 0.147. The first-order chi connectivity index (χ1) is 17.4. The molecule has 186 valence electrons. The van der Waals surface area contributed by atoms with E-state index in [1.807, 2.05) is 0 Å². The van der Waals surface area contributed by atoms with Crippen LogP contribution >= 0.6 is 0 Å². The second-order valence-electron chi connectivity index (χ2n) is 9.04. The van der Waals surface area contributed by atoms with Gasteiger partial charge in [0.2, 0.25) is 0 Å². The molecule has 0 saturated carbocycles. The predicted octanol–water partition coefficient (Wildman–Crippen LogP) is 3.91. The lowest BCUT2D eigenvalue weighted by Crippen LogP contribution is -2.27. The maximum atomic E-state index is 15.1. The molecule has 2 fully saturated rings. The summed E-state index contributed by atoms with van der Waals surface area (Å²) in [5.41, 5.74) is 0.621. The van der Waals surface area contributed by atoms with Crippen LogP contribution in [0.4, 0.5) is 25.1 Å². The number of nitriles is 1. The van der Waals surface area contributed by atoms with Crippen molar-refractivity contribution in [3.8, 4) is 17.2 Å². The van der Waals surface area contributed by atoms with E-state index >= 15 is 8.78 Å². The first-order valence-corrected chi connectivity index (χ1v) is 11.6. The van der Waals surface area contributed by atoms with Gasteiger partial charge in [0.15, 0.2) is 5.82 Å². The maximum absolute atomic E-state index is 15.1. The Hall–Kier alpha value is -4.04. The number of nitrogens with one attached hydrogen (secondary N) is 2. The van der Waals surface area contributed by atoms with Crippen molar-refractivity contribution < 1.29 is 22.8 Å². The molecule has 4 atom stereocenters. The molecule has 2 N–H and O–H groups in total. The van der Waals surface area contributed by atoms with Crippen LogP contribution in [-0.2, 0) is 4.74 Å². The van der Waals surface area contributed by atoms with Gasteiger partial charge in [-0.2, -0.15) is 5.26 Å².